The molecule has 0 amide bonds. The topological polar surface area (TPSA) is 146 Å². The Bertz CT molecular complexity index is 647. The molecule has 1 aliphatic heterocycles. The van der Waals surface area contributed by atoms with Crippen LogP contribution < -0.4 is 0 Å². The van der Waals surface area contributed by atoms with Gasteiger partial charge in [0, 0.05) is 6.42 Å². The monoisotopic (exact) mass is 514 g/mol. The molecule has 0 aromatic heterocycles. The van der Waals surface area contributed by atoms with Crippen LogP contribution in [0.4, 0.5) is 0 Å². The lowest BCUT2D eigenvalue weighted by Gasteiger charge is -2.39. The largest absolute Gasteiger partial charge is 0.463 e. The number of ether oxygens (including phenoxy) is 3. The maximum Gasteiger partial charge on any atom is 0.305 e. The molecular formula is C27H46O9. The smallest absolute Gasteiger partial charge is 0.305 e. The Kier molecular flexibility index (Phi) is 18.4. The van der Waals surface area contributed by atoms with Crippen molar-refractivity contribution >= 4 is 5.97 Å². The second kappa shape index (κ2) is 20.5. The minimum Gasteiger partial charge on any atom is -0.463 e. The van der Waals surface area contributed by atoms with Gasteiger partial charge in [0.1, 0.15) is 37.1 Å². The number of carbonyl (C=O) groups is 1. The molecule has 6 atom stereocenters. The number of aliphatic hydroxyl groups is 5. The molecule has 0 unspecified atom stereocenters. The summed E-state index contributed by atoms with van der Waals surface area (Å²) in [7, 11) is 0. The van der Waals surface area contributed by atoms with E-state index in [1.807, 2.05) is 0 Å². The van der Waals surface area contributed by atoms with Crippen LogP contribution in [0.15, 0.2) is 36.5 Å². The molecule has 5 N–H and O–H groups in total. The van der Waals surface area contributed by atoms with Crippen LogP contribution in [0.25, 0.3) is 0 Å². The van der Waals surface area contributed by atoms with Crippen LogP contribution in [0.5, 0.6) is 0 Å². The van der Waals surface area contributed by atoms with Gasteiger partial charge in [0.25, 0.3) is 0 Å². The van der Waals surface area contributed by atoms with Gasteiger partial charge in [-0.3, -0.25) is 4.79 Å². The van der Waals surface area contributed by atoms with E-state index >= 15 is 0 Å². The van der Waals surface area contributed by atoms with Gasteiger partial charge in [-0.1, -0.05) is 62.6 Å². The molecule has 9 nitrogen and oxygen atoms in total. The van der Waals surface area contributed by atoms with Gasteiger partial charge in [-0.2, -0.15) is 0 Å². The molecule has 0 spiro atoms. The average molecular weight is 515 g/mol. The number of rotatable bonds is 19. The van der Waals surface area contributed by atoms with Crippen LogP contribution in [0, 0.1) is 0 Å². The fourth-order valence-corrected chi connectivity index (χ4v) is 3.61. The zero-order valence-electron chi connectivity index (χ0n) is 21.5. The molecule has 208 valence electrons. The highest BCUT2D eigenvalue weighted by Crippen LogP contribution is 2.22. The van der Waals surface area contributed by atoms with E-state index in [1.54, 1.807) is 0 Å². The molecule has 1 fully saturated rings. The van der Waals surface area contributed by atoms with E-state index < -0.39 is 49.4 Å². The fourth-order valence-electron chi connectivity index (χ4n) is 3.61. The third kappa shape index (κ3) is 14.2. The summed E-state index contributed by atoms with van der Waals surface area (Å²) >= 11 is 0. The minimum absolute atomic E-state index is 0.271. The molecular weight excluding hydrogens is 468 g/mol. The summed E-state index contributed by atoms with van der Waals surface area (Å²) in [6, 6.07) is 0. The first-order chi connectivity index (χ1) is 17.4. The number of aliphatic hydroxyl groups excluding tert-OH is 5. The molecule has 36 heavy (non-hydrogen) atoms. The second-order valence-corrected chi connectivity index (χ2v) is 8.97. The van der Waals surface area contributed by atoms with E-state index in [-0.39, 0.29) is 19.6 Å². The molecule has 1 rings (SSSR count). The summed E-state index contributed by atoms with van der Waals surface area (Å²) in [6.45, 7) is 0.964. The van der Waals surface area contributed by atoms with Crippen molar-refractivity contribution < 1.29 is 44.5 Å². The third-order valence-electron chi connectivity index (χ3n) is 5.77. The van der Waals surface area contributed by atoms with Gasteiger partial charge in [-0.05, 0) is 38.5 Å². The molecule has 1 heterocycles. The van der Waals surface area contributed by atoms with Gasteiger partial charge < -0.3 is 39.7 Å². The van der Waals surface area contributed by atoms with Gasteiger partial charge in [-0.25, -0.2) is 0 Å². The summed E-state index contributed by atoms with van der Waals surface area (Å²) in [5.41, 5.74) is 0. The molecule has 1 saturated heterocycles. The summed E-state index contributed by atoms with van der Waals surface area (Å²) in [6.07, 6.45) is 14.3. The number of hydrogen-bond donors (Lipinski definition) is 5. The molecule has 1 aliphatic rings. The maximum atomic E-state index is 11.9. The molecule has 0 aromatic rings. The zero-order valence-corrected chi connectivity index (χ0v) is 21.5. The first-order valence-corrected chi connectivity index (χ1v) is 13.1. The number of unbranched alkanes of at least 4 members (excludes halogenated alkanes) is 5. The van der Waals surface area contributed by atoms with Crippen LogP contribution in [0.3, 0.4) is 0 Å². The van der Waals surface area contributed by atoms with Crippen molar-refractivity contribution in [2.45, 2.75) is 108 Å². The Labute approximate surface area is 215 Å². The van der Waals surface area contributed by atoms with Gasteiger partial charge in [0.15, 0.2) is 6.29 Å². The summed E-state index contributed by atoms with van der Waals surface area (Å²) < 4.78 is 15.5. The lowest BCUT2D eigenvalue weighted by atomic mass is 9.99. The van der Waals surface area contributed by atoms with Crippen molar-refractivity contribution in [3.8, 4) is 0 Å². The third-order valence-corrected chi connectivity index (χ3v) is 5.77. The summed E-state index contributed by atoms with van der Waals surface area (Å²) in [4.78, 5) is 11.9. The molecule has 9 heteroatoms. The summed E-state index contributed by atoms with van der Waals surface area (Å²) in [5, 5.41) is 48.5. The van der Waals surface area contributed by atoms with Crippen LogP contribution >= 0.6 is 0 Å². The first kappa shape index (κ1) is 32.4. The Morgan fingerprint density at radius 3 is 2.19 bits per heavy atom. The molecule has 0 saturated carbocycles. The molecule has 0 aliphatic carbocycles. The van der Waals surface area contributed by atoms with E-state index in [1.165, 1.54) is 0 Å². The Balaban J connectivity index is 2.02. The molecule has 0 aromatic carbocycles. The van der Waals surface area contributed by atoms with E-state index in [9.17, 15) is 25.2 Å². The van der Waals surface area contributed by atoms with Gasteiger partial charge in [0.05, 0.1) is 13.2 Å². The highest BCUT2D eigenvalue weighted by Gasteiger charge is 2.44. The van der Waals surface area contributed by atoms with Gasteiger partial charge >= 0.3 is 5.97 Å². The van der Waals surface area contributed by atoms with Crippen LogP contribution in [0.2, 0.25) is 0 Å². The summed E-state index contributed by atoms with van der Waals surface area (Å²) in [5.74, 6) is -0.400. The zero-order chi connectivity index (χ0) is 26.6. The van der Waals surface area contributed by atoms with Gasteiger partial charge in [0.2, 0.25) is 0 Å². The highest BCUT2D eigenvalue weighted by atomic mass is 16.7. The SMILES string of the molecule is CC/C=C\C/C=C\C/C=C\CCCCCCCC(=O)OC[C@@H](O)CO[C@@H]1O[C@@H](CO)[C@@H](O)[C@@H](O)[C@@H]1O. The van der Waals surface area contributed by atoms with Crippen molar-refractivity contribution in [1.29, 1.82) is 0 Å². The van der Waals surface area contributed by atoms with E-state index in [4.69, 9.17) is 19.3 Å². The number of hydrogen-bond acceptors (Lipinski definition) is 9. The Hall–Kier alpha value is -1.59. The van der Waals surface area contributed by atoms with Crippen molar-refractivity contribution in [2.24, 2.45) is 0 Å². The van der Waals surface area contributed by atoms with Crippen LogP contribution in [-0.2, 0) is 19.0 Å². The second-order valence-electron chi connectivity index (χ2n) is 8.97. The normalized spacial score (nSPS) is 25.8. The minimum atomic E-state index is -1.56. The van der Waals surface area contributed by atoms with Crippen molar-refractivity contribution in [1.82, 2.24) is 0 Å². The maximum absolute atomic E-state index is 11.9. The van der Waals surface area contributed by atoms with Crippen molar-refractivity contribution in [3.63, 3.8) is 0 Å². The van der Waals surface area contributed by atoms with E-state index in [2.05, 4.69) is 43.4 Å². The molecule has 0 bridgehead atoms. The van der Waals surface area contributed by atoms with E-state index in [0.717, 1.165) is 57.8 Å². The lowest BCUT2D eigenvalue weighted by molar-refractivity contribution is -0.305. The van der Waals surface area contributed by atoms with Crippen molar-refractivity contribution in [2.75, 3.05) is 19.8 Å². The predicted octanol–water partition coefficient (Wildman–Crippen LogP) is 2.30. The number of esters is 1. The van der Waals surface area contributed by atoms with Crippen LogP contribution in [0.1, 0.15) is 71.1 Å². The number of carbonyl (C=O) groups excluding carboxylic acids is 1. The Morgan fingerprint density at radius 1 is 0.861 bits per heavy atom. The molecule has 0 radical (unpaired) electrons. The van der Waals surface area contributed by atoms with Crippen LogP contribution in [-0.4, -0.2) is 88.1 Å². The highest BCUT2D eigenvalue weighted by molar-refractivity contribution is 5.69. The van der Waals surface area contributed by atoms with Gasteiger partial charge in [-0.15, -0.1) is 0 Å². The Morgan fingerprint density at radius 2 is 1.50 bits per heavy atom. The number of allylic oxidation sites excluding steroid dienone is 6. The predicted molar refractivity (Wildman–Crippen MR) is 136 cm³/mol. The van der Waals surface area contributed by atoms with E-state index in [0.29, 0.717) is 0 Å². The first-order valence-electron chi connectivity index (χ1n) is 13.1. The fraction of sp³-hybridized carbons (Fsp3) is 0.741. The standard InChI is InChI=1S/C27H46O9/c1-2-3-4-5-6-7-8-9-10-11-12-13-14-15-16-17-23(30)34-19-21(29)20-35-27-26(33)25(32)24(31)22(18-28)36-27/h3-4,6-7,9-10,21-22,24-29,31-33H,2,5,8,11-20H2,1H3/b4-3-,7-6-,10-9-/t21-,22+,24-,25-,26+,27-/m1/s1. The van der Waals surface area contributed by atoms with Crippen molar-refractivity contribution in [3.05, 3.63) is 36.5 Å². The quantitative estimate of drug-likeness (QED) is 0.0995. The lowest BCUT2D eigenvalue weighted by Crippen LogP contribution is -2.59. The average Bonchev–Trinajstić information content (AvgIpc) is 2.88.